The van der Waals surface area contributed by atoms with Crippen LogP contribution in [0.25, 0.3) is 0 Å². The first kappa shape index (κ1) is 26.6. The second kappa shape index (κ2) is 11.0. The molecular formula is C31H34N2O6. The first-order valence-electron chi connectivity index (χ1n) is 13.2. The van der Waals surface area contributed by atoms with Crippen molar-refractivity contribution in [3.8, 4) is 17.2 Å². The van der Waals surface area contributed by atoms with Crippen molar-refractivity contribution in [3.05, 3.63) is 82.9 Å². The highest BCUT2D eigenvalue weighted by Gasteiger charge is 2.48. The van der Waals surface area contributed by atoms with Gasteiger partial charge in [-0.15, -0.1) is 0 Å². The van der Waals surface area contributed by atoms with Crippen molar-refractivity contribution in [2.24, 2.45) is 5.92 Å². The number of aliphatic carboxylic acids is 1. The molecule has 1 amide bonds. The molecule has 8 nitrogen and oxygen atoms in total. The number of amides is 1. The number of likely N-dealkylation sites (tertiary alicyclic amines) is 1. The summed E-state index contributed by atoms with van der Waals surface area (Å²) in [5.41, 5.74) is 4.54. The van der Waals surface area contributed by atoms with Gasteiger partial charge in [0.25, 0.3) is 0 Å². The number of anilines is 1. The van der Waals surface area contributed by atoms with E-state index < -0.39 is 17.9 Å². The van der Waals surface area contributed by atoms with E-state index in [1.807, 2.05) is 72.5 Å². The second-order valence-corrected chi connectivity index (χ2v) is 10.5. The van der Waals surface area contributed by atoms with Crippen LogP contribution in [0.5, 0.6) is 17.2 Å². The van der Waals surface area contributed by atoms with E-state index in [2.05, 4.69) is 19.2 Å². The summed E-state index contributed by atoms with van der Waals surface area (Å²) >= 11 is 0. The molecule has 5 rings (SSSR count). The normalized spacial score (nSPS) is 20.3. The summed E-state index contributed by atoms with van der Waals surface area (Å²) in [5.74, 6) is -0.0624. The standard InChI is InChI=1S/C31H34N2O6/c1-18(2)23-7-5-6-19(3)29(23)32-27(34)16-33-15-24(21-10-13-25-26(14-21)39-17-38-25)28(31(35)36)30(33)20-8-11-22(37-4)12-9-20/h5-14,18,24,28,30H,15-17H2,1-4H3,(H,32,34)(H,35,36)/t24-,28-,30+/m1/s1. The van der Waals surface area contributed by atoms with E-state index >= 15 is 0 Å². The number of para-hydroxylation sites is 1. The Morgan fingerprint density at radius 1 is 1.05 bits per heavy atom. The molecule has 2 aliphatic heterocycles. The summed E-state index contributed by atoms with van der Waals surface area (Å²) in [4.78, 5) is 28.3. The van der Waals surface area contributed by atoms with Crippen molar-refractivity contribution < 1.29 is 28.9 Å². The summed E-state index contributed by atoms with van der Waals surface area (Å²) < 4.78 is 16.3. The Balaban J connectivity index is 1.49. The van der Waals surface area contributed by atoms with Crippen LogP contribution in [0, 0.1) is 12.8 Å². The van der Waals surface area contributed by atoms with Crippen LogP contribution in [0.1, 0.15) is 54.0 Å². The third-order valence-corrected chi connectivity index (χ3v) is 7.70. The highest BCUT2D eigenvalue weighted by Crippen LogP contribution is 2.47. The summed E-state index contributed by atoms with van der Waals surface area (Å²) in [6.45, 7) is 6.76. The largest absolute Gasteiger partial charge is 0.497 e. The molecule has 0 spiro atoms. The van der Waals surface area contributed by atoms with Crippen LogP contribution in [-0.2, 0) is 9.59 Å². The number of rotatable bonds is 8. The number of fused-ring (bicyclic) bond motifs is 1. The maximum absolute atomic E-state index is 13.5. The number of hydrogen-bond donors (Lipinski definition) is 2. The Labute approximate surface area is 228 Å². The third-order valence-electron chi connectivity index (χ3n) is 7.70. The number of ether oxygens (including phenoxy) is 3. The fraction of sp³-hybridized carbons (Fsp3) is 0.355. The number of nitrogens with zero attached hydrogens (tertiary/aromatic N) is 1. The van der Waals surface area contributed by atoms with Crippen LogP contribution in [0.15, 0.2) is 60.7 Å². The number of carboxylic acids is 1. The van der Waals surface area contributed by atoms with Crippen LogP contribution in [-0.4, -0.2) is 48.9 Å². The molecule has 0 unspecified atom stereocenters. The molecule has 39 heavy (non-hydrogen) atoms. The van der Waals surface area contributed by atoms with Crippen molar-refractivity contribution in [1.29, 1.82) is 0 Å². The SMILES string of the molecule is COc1ccc([C@H]2[C@H](C(=O)O)[C@@H](c3ccc4c(c3)OCO4)CN2CC(=O)Nc2c(C)cccc2C(C)C)cc1. The molecule has 2 aliphatic rings. The van der Waals surface area contributed by atoms with Gasteiger partial charge < -0.3 is 24.6 Å². The molecule has 0 bridgehead atoms. The lowest BCUT2D eigenvalue weighted by atomic mass is 9.82. The fourth-order valence-electron chi connectivity index (χ4n) is 5.78. The zero-order valence-electron chi connectivity index (χ0n) is 22.6. The summed E-state index contributed by atoms with van der Waals surface area (Å²) in [6, 6.07) is 18.5. The Kier molecular flexibility index (Phi) is 7.48. The van der Waals surface area contributed by atoms with Gasteiger partial charge >= 0.3 is 5.97 Å². The fourth-order valence-corrected chi connectivity index (χ4v) is 5.78. The van der Waals surface area contributed by atoms with E-state index in [0.29, 0.717) is 23.8 Å². The van der Waals surface area contributed by atoms with Crippen molar-refractivity contribution in [2.45, 2.75) is 38.6 Å². The number of aryl methyl sites for hydroxylation is 1. The van der Waals surface area contributed by atoms with Crippen LogP contribution in [0.4, 0.5) is 5.69 Å². The van der Waals surface area contributed by atoms with Crippen LogP contribution in [0.2, 0.25) is 0 Å². The number of benzene rings is 3. The molecule has 0 saturated carbocycles. The molecule has 3 aromatic carbocycles. The minimum absolute atomic E-state index is 0.0490. The minimum atomic E-state index is -0.914. The van der Waals surface area contributed by atoms with E-state index in [9.17, 15) is 14.7 Å². The first-order valence-corrected chi connectivity index (χ1v) is 13.2. The minimum Gasteiger partial charge on any atom is -0.497 e. The highest BCUT2D eigenvalue weighted by molar-refractivity contribution is 5.94. The van der Waals surface area contributed by atoms with Gasteiger partial charge in [0.1, 0.15) is 5.75 Å². The van der Waals surface area contributed by atoms with Gasteiger partial charge in [-0.2, -0.15) is 0 Å². The van der Waals surface area contributed by atoms with E-state index in [-0.39, 0.29) is 31.1 Å². The van der Waals surface area contributed by atoms with Gasteiger partial charge in [0.05, 0.1) is 19.6 Å². The second-order valence-electron chi connectivity index (χ2n) is 10.5. The predicted molar refractivity (Wildman–Crippen MR) is 148 cm³/mol. The molecule has 2 N–H and O–H groups in total. The molecule has 3 atom stereocenters. The molecule has 0 aliphatic carbocycles. The Morgan fingerprint density at radius 3 is 2.46 bits per heavy atom. The van der Waals surface area contributed by atoms with Gasteiger partial charge in [0.2, 0.25) is 12.7 Å². The topological polar surface area (TPSA) is 97.3 Å². The molecular weight excluding hydrogens is 496 g/mol. The van der Waals surface area contributed by atoms with Crippen LogP contribution < -0.4 is 19.5 Å². The number of carbonyl (C=O) groups excluding carboxylic acids is 1. The molecule has 1 fully saturated rings. The van der Waals surface area contributed by atoms with Crippen LogP contribution in [0.3, 0.4) is 0 Å². The quantitative estimate of drug-likeness (QED) is 0.406. The smallest absolute Gasteiger partial charge is 0.309 e. The molecule has 3 aromatic rings. The first-order chi connectivity index (χ1) is 18.8. The van der Waals surface area contributed by atoms with Gasteiger partial charge in [-0.25, -0.2) is 0 Å². The molecule has 8 heteroatoms. The third kappa shape index (κ3) is 5.29. The van der Waals surface area contributed by atoms with E-state index in [1.54, 1.807) is 7.11 Å². The zero-order chi connectivity index (χ0) is 27.7. The van der Waals surface area contributed by atoms with Crippen LogP contribution >= 0.6 is 0 Å². The molecule has 0 aromatic heterocycles. The predicted octanol–water partition coefficient (Wildman–Crippen LogP) is 5.34. The summed E-state index contributed by atoms with van der Waals surface area (Å²) in [7, 11) is 1.59. The maximum atomic E-state index is 13.5. The van der Waals surface area contributed by atoms with Gasteiger partial charge in [0.15, 0.2) is 11.5 Å². The van der Waals surface area contributed by atoms with Crippen molar-refractivity contribution in [1.82, 2.24) is 4.90 Å². The number of carbonyl (C=O) groups is 2. The Hall–Kier alpha value is -4.04. The lowest BCUT2D eigenvalue weighted by Gasteiger charge is -2.27. The Bertz CT molecular complexity index is 1370. The summed E-state index contributed by atoms with van der Waals surface area (Å²) in [5, 5.41) is 13.6. The highest BCUT2D eigenvalue weighted by atomic mass is 16.7. The average molecular weight is 531 g/mol. The molecule has 0 radical (unpaired) electrons. The van der Waals surface area contributed by atoms with E-state index in [1.165, 1.54) is 0 Å². The number of nitrogens with one attached hydrogen (secondary N) is 1. The number of methoxy groups -OCH3 is 1. The van der Waals surface area contributed by atoms with E-state index in [0.717, 1.165) is 27.9 Å². The number of carboxylic acid groups (broad SMARTS) is 1. The van der Waals surface area contributed by atoms with Crippen molar-refractivity contribution in [2.75, 3.05) is 32.3 Å². The van der Waals surface area contributed by atoms with Gasteiger partial charge in [-0.3, -0.25) is 14.5 Å². The van der Waals surface area contributed by atoms with Gasteiger partial charge in [0, 0.05) is 24.2 Å². The zero-order valence-corrected chi connectivity index (χ0v) is 22.6. The molecule has 2 heterocycles. The van der Waals surface area contributed by atoms with Gasteiger partial charge in [-0.05, 0) is 59.4 Å². The molecule has 1 saturated heterocycles. The lowest BCUT2D eigenvalue weighted by Crippen LogP contribution is -2.35. The maximum Gasteiger partial charge on any atom is 0.309 e. The summed E-state index contributed by atoms with van der Waals surface area (Å²) in [6.07, 6.45) is 0. The monoisotopic (exact) mass is 530 g/mol. The van der Waals surface area contributed by atoms with Crippen molar-refractivity contribution in [3.63, 3.8) is 0 Å². The van der Waals surface area contributed by atoms with E-state index in [4.69, 9.17) is 14.2 Å². The molecule has 204 valence electrons. The lowest BCUT2D eigenvalue weighted by molar-refractivity contribution is -0.143. The Morgan fingerprint density at radius 2 is 1.77 bits per heavy atom. The van der Waals surface area contributed by atoms with Gasteiger partial charge in [-0.1, -0.05) is 50.2 Å². The number of hydrogen-bond acceptors (Lipinski definition) is 6. The average Bonchev–Trinajstić information content (AvgIpc) is 3.54. The van der Waals surface area contributed by atoms with Crippen molar-refractivity contribution >= 4 is 17.6 Å².